The van der Waals surface area contributed by atoms with Gasteiger partial charge < -0.3 is 15.7 Å². The highest BCUT2D eigenvalue weighted by Crippen LogP contribution is 2.23. The maximum Gasteiger partial charge on any atom is 0.305 e. The van der Waals surface area contributed by atoms with Gasteiger partial charge in [0.15, 0.2) is 0 Å². The zero-order valence-electron chi connectivity index (χ0n) is 14.3. The van der Waals surface area contributed by atoms with Crippen molar-refractivity contribution in [2.24, 2.45) is 5.41 Å². The van der Waals surface area contributed by atoms with Gasteiger partial charge in [-0.25, -0.2) is 0 Å². The Morgan fingerprint density at radius 2 is 1.88 bits per heavy atom. The maximum atomic E-state index is 12.2. The summed E-state index contributed by atoms with van der Waals surface area (Å²) in [5.41, 5.74) is 0.496. The lowest BCUT2D eigenvalue weighted by Crippen LogP contribution is -2.34. The molecular formula is C17H23ClN2O4. The van der Waals surface area contributed by atoms with E-state index >= 15 is 0 Å². The molecule has 0 aliphatic heterocycles. The Morgan fingerprint density at radius 1 is 1.25 bits per heavy atom. The zero-order valence-corrected chi connectivity index (χ0v) is 15.0. The summed E-state index contributed by atoms with van der Waals surface area (Å²) in [4.78, 5) is 34.9. The third kappa shape index (κ3) is 7.00. The number of carbonyl (C=O) groups excluding carboxylic acids is 2. The first-order valence-corrected chi connectivity index (χ1v) is 7.98. The predicted octanol–water partition coefficient (Wildman–Crippen LogP) is 3.31. The minimum absolute atomic E-state index is 0.150. The van der Waals surface area contributed by atoms with E-state index in [0.717, 1.165) is 0 Å². The van der Waals surface area contributed by atoms with Gasteiger partial charge in [-0.2, -0.15) is 0 Å². The molecule has 0 aliphatic rings. The third-order valence-corrected chi connectivity index (χ3v) is 3.37. The van der Waals surface area contributed by atoms with Crippen LogP contribution in [-0.2, 0) is 9.59 Å². The Bertz CT molecular complexity index is 638. The van der Waals surface area contributed by atoms with Crippen LogP contribution in [0.5, 0.6) is 0 Å². The monoisotopic (exact) mass is 354 g/mol. The van der Waals surface area contributed by atoms with Gasteiger partial charge in [0.25, 0.3) is 5.91 Å². The van der Waals surface area contributed by atoms with Gasteiger partial charge in [0.2, 0.25) is 5.91 Å². The van der Waals surface area contributed by atoms with Crippen LogP contribution in [0.4, 0.5) is 5.69 Å². The standard InChI is InChI=1S/C17H23ClN2O4/c1-10(7-15(22)23)19-16(24)12-8-11(5-6-13(12)18)20-14(21)9-17(2,3)4/h5-6,8,10H,7,9H2,1-4H3,(H,19,24)(H,20,21)(H,22,23). The number of carbonyl (C=O) groups is 3. The van der Waals surface area contributed by atoms with Crippen LogP contribution in [-0.4, -0.2) is 28.9 Å². The number of carboxylic acids is 1. The fourth-order valence-corrected chi connectivity index (χ4v) is 2.28. The van der Waals surface area contributed by atoms with Gasteiger partial charge in [-0.1, -0.05) is 32.4 Å². The van der Waals surface area contributed by atoms with Gasteiger partial charge in [0, 0.05) is 18.2 Å². The first kappa shape index (κ1) is 20.0. The minimum atomic E-state index is -1.00. The molecule has 1 unspecified atom stereocenters. The molecule has 0 aliphatic carbocycles. The highest BCUT2D eigenvalue weighted by molar-refractivity contribution is 6.34. The van der Waals surface area contributed by atoms with Crippen molar-refractivity contribution in [3.05, 3.63) is 28.8 Å². The largest absolute Gasteiger partial charge is 0.481 e. The molecule has 0 saturated carbocycles. The van der Waals surface area contributed by atoms with Crippen molar-refractivity contribution in [2.75, 3.05) is 5.32 Å². The fraction of sp³-hybridized carbons (Fsp3) is 0.471. The number of halogens is 1. The molecule has 0 fully saturated rings. The van der Waals surface area contributed by atoms with Crippen molar-refractivity contribution >= 4 is 35.1 Å². The van der Waals surface area contributed by atoms with E-state index in [1.807, 2.05) is 20.8 Å². The Kier molecular flexibility index (Phi) is 6.78. The van der Waals surface area contributed by atoms with Gasteiger partial charge in [0.1, 0.15) is 0 Å². The quantitative estimate of drug-likeness (QED) is 0.730. The third-order valence-electron chi connectivity index (χ3n) is 3.04. The molecule has 0 bridgehead atoms. The number of nitrogens with one attached hydrogen (secondary N) is 2. The molecule has 24 heavy (non-hydrogen) atoms. The van der Waals surface area contributed by atoms with Crippen molar-refractivity contribution in [3.63, 3.8) is 0 Å². The number of carboxylic acid groups (broad SMARTS) is 1. The summed E-state index contributed by atoms with van der Waals surface area (Å²) in [5, 5.41) is 14.3. The van der Waals surface area contributed by atoms with Crippen molar-refractivity contribution in [2.45, 2.75) is 46.6 Å². The molecule has 1 rings (SSSR count). The van der Waals surface area contributed by atoms with E-state index in [0.29, 0.717) is 12.1 Å². The average Bonchev–Trinajstić information content (AvgIpc) is 2.37. The van der Waals surface area contributed by atoms with E-state index in [1.165, 1.54) is 12.1 Å². The number of aliphatic carboxylic acids is 1. The van der Waals surface area contributed by atoms with Gasteiger partial charge in [-0.3, -0.25) is 14.4 Å². The number of hydrogen-bond acceptors (Lipinski definition) is 3. The fourth-order valence-electron chi connectivity index (χ4n) is 2.08. The lowest BCUT2D eigenvalue weighted by molar-refractivity contribution is -0.137. The SMILES string of the molecule is CC(CC(=O)O)NC(=O)c1cc(NC(=O)CC(C)(C)C)ccc1Cl. The predicted molar refractivity (Wildman–Crippen MR) is 93.3 cm³/mol. The van der Waals surface area contributed by atoms with Crippen molar-refractivity contribution < 1.29 is 19.5 Å². The zero-order chi connectivity index (χ0) is 18.5. The highest BCUT2D eigenvalue weighted by Gasteiger charge is 2.18. The molecular weight excluding hydrogens is 332 g/mol. The summed E-state index contributed by atoms with van der Waals surface area (Å²) in [6, 6.07) is 4.07. The Balaban J connectivity index is 2.84. The van der Waals surface area contributed by atoms with Crippen LogP contribution in [0.2, 0.25) is 5.02 Å². The van der Waals surface area contributed by atoms with Crippen LogP contribution in [0.15, 0.2) is 18.2 Å². The molecule has 3 N–H and O–H groups in total. The molecule has 7 heteroatoms. The molecule has 1 aromatic rings. The van der Waals surface area contributed by atoms with Crippen LogP contribution in [0.1, 0.15) is 50.9 Å². The molecule has 6 nitrogen and oxygen atoms in total. The highest BCUT2D eigenvalue weighted by atomic mass is 35.5. The van der Waals surface area contributed by atoms with Gasteiger partial charge >= 0.3 is 5.97 Å². The first-order chi connectivity index (χ1) is 11.0. The Labute approximate surface area is 146 Å². The van der Waals surface area contributed by atoms with Crippen LogP contribution >= 0.6 is 11.6 Å². The molecule has 1 aromatic carbocycles. The molecule has 0 radical (unpaired) electrons. The number of hydrogen-bond donors (Lipinski definition) is 3. The van der Waals surface area contributed by atoms with E-state index in [1.54, 1.807) is 13.0 Å². The van der Waals surface area contributed by atoms with E-state index < -0.39 is 17.9 Å². The summed E-state index contributed by atoms with van der Waals surface area (Å²) in [5.74, 6) is -1.65. The molecule has 2 amide bonds. The summed E-state index contributed by atoms with van der Waals surface area (Å²) in [6.07, 6.45) is 0.151. The second-order valence-corrected chi connectivity index (χ2v) is 7.36. The summed E-state index contributed by atoms with van der Waals surface area (Å²) in [7, 11) is 0. The summed E-state index contributed by atoms with van der Waals surface area (Å²) < 4.78 is 0. The lowest BCUT2D eigenvalue weighted by atomic mass is 9.92. The van der Waals surface area contributed by atoms with Crippen molar-refractivity contribution in [1.82, 2.24) is 5.32 Å². The molecule has 0 saturated heterocycles. The number of rotatable bonds is 6. The number of amides is 2. The van der Waals surface area contributed by atoms with E-state index in [-0.39, 0.29) is 28.3 Å². The first-order valence-electron chi connectivity index (χ1n) is 7.60. The molecule has 1 atom stereocenters. The van der Waals surface area contributed by atoms with Crippen molar-refractivity contribution in [3.8, 4) is 0 Å². The second-order valence-electron chi connectivity index (χ2n) is 6.95. The van der Waals surface area contributed by atoms with Crippen LogP contribution in [0.3, 0.4) is 0 Å². The maximum absolute atomic E-state index is 12.2. The van der Waals surface area contributed by atoms with Crippen LogP contribution in [0, 0.1) is 5.41 Å². The molecule has 0 spiro atoms. The van der Waals surface area contributed by atoms with E-state index in [2.05, 4.69) is 10.6 Å². The summed E-state index contributed by atoms with van der Waals surface area (Å²) >= 11 is 6.03. The number of anilines is 1. The van der Waals surface area contributed by atoms with Crippen LogP contribution < -0.4 is 10.6 Å². The lowest BCUT2D eigenvalue weighted by Gasteiger charge is -2.18. The molecule has 0 heterocycles. The van der Waals surface area contributed by atoms with Crippen molar-refractivity contribution in [1.29, 1.82) is 0 Å². The number of benzene rings is 1. The molecule has 132 valence electrons. The average molecular weight is 355 g/mol. The van der Waals surface area contributed by atoms with Gasteiger partial charge in [-0.15, -0.1) is 0 Å². The molecule has 0 aromatic heterocycles. The smallest absolute Gasteiger partial charge is 0.305 e. The summed E-state index contributed by atoms with van der Waals surface area (Å²) in [6.45, 7) is 7.46. The Morgan fingerprint density at radius 3 is 2.42 bits per heavy atom. The van der Waals surface area contributed by atoms with E-state index in [4.69, 9.17) is 16.7 Å². The van der Waals surface area contributed by atoms with Crippen LogP contribution in [0.25, 0.3) is 0 Å². The Hall–Kier alpha value is -2.08. The normalized spacial score (nSPS) is 12.4. The topological polar surface area (TPSA) is 95.5 Å². The minimum Gasteiger partial charge on any atom is -0.481 e. The van der Waals surface area contributed by atoms with Gasteiger partial charge in [0.05, 0.1) is 17.0 Å². The second kappa shape index (κ2) is 8.15. The van der Waals surface area contributed by atoms with E-state index in [9.17, 15) is 14.4 Å². The van der Waals surface area contributed by atoms with Gasteiger partial charge in [-0.05, 0) is 30.5 Å².